The van der Waals surface area contributed by atoms with E-state index >= 15 is 0 Å². The van der Waals surface area contributed by atoms with Crippen molar-refractivity contribution in [3.63, 3.8) is 0 Å². The Balaban J connectivity index is 1.70. The first-order chi connectivity index (χ1) is 11.4. The van der Waals surface area contributed by atoms with Crippen LogP contribution in [0, 0.1) is 19.3 Å². The van der Waals surface area contributed by atoms with Gasteiger partial charge in [0.2, 0.25) is 5.95 Å². The van der Waals surface area contributed by atoms with Crippen molar-refractivity contribution in [3.8, 4) is 0 Å². The van der Waals surface area contributed by atoms with Gasteiger partial charge in [-0.25, -0.2) is 9.97 Å². The van der Waals surface area contributed by atoms with Gasteiger partial charge in [0, 0.05) is 49.2 Å². The Morgan fingerprint density at radius 3 is 2.21 bits per heavy atom. The van der Waals surface area contributed by atoms with E-state index in [-0.39, 0.29) is 0 Å². The van der Waals surface area contributed by atoms with Gasteiger partial charge >= 0.3 is 0 Å². The second-order valence-electron chi connectivity index (χ2n) is 8.35. The first kappa shape index (κ1) is 17.6. The number of hydrogen-bond acceptors (Lipinski definition) is 5. The van der Waals surface area contributed by atoms with Gasteiger partial charge in [-0.05, 0) is 52.1 Å². The zero-order valence-corrected chi connectivity index (χ0v) is 16.0. The Hall–Kier alpha value is -1.20. The number of anilines is 1. The SMILES string of the molecule is CNC1CCN(c2nc(C)c(CN3CCC(C)(C)C3)c(C)n2)CC1. The van der Waals surface area contributed by atoms with Crippen LogP contribution in [-0.2, 0) is 6.54 Å². The number of piperidine rings is 1. The van der Waals surface area contributed by atoms with Crippen molar-refractivity contribution in [2.75, 3.05) is 38.1 Å². The Labute approximate surface area is 146 Å². The number of rotatable bonds is 4. The van der Waals surface area contributed by atoms with Gasteiger partial charge in [0.25, 0.3) is 0 Å². The summed E-state index contributed by atoms with van der Waals surface area (Å²) in [4.78, 5) is 14.6. The van der Waals surface area contributed by atoms with Crippen LogP contribution >= 0.6 is 0 Å². The standard InChI is InChI=1S/C19H33N5/c1-14-17(12-23-11-8-19(3,4)13-23)15(2)22-18(21-14)24-9-6-16(20-5)7-10-24/h16,20H,6-13H2,1-5H3. The molecular formula is C19H33N5. The molecule has 0 radical (unpaired) electrons. The van der Waals surface area contributed by atoms with Crippen molar-refractivity contribution >= 4 is 5.95 Å². The first-order valence-electron chi connectivity index (χ1n) is 9.37. The maximum atomic E-state index is 4.85. The smallest absolute Gasteiger partial charge is 0.225 e. The van der Waals surface area contributed by atoms with Crippen LogP contribution in [0.4, 0.5) is 5.95 Å². The molecule has 5 heteroatoms. The molecule has 2 aliphatic rings. The molecule has 1 N–H and O–H groups in total. The summed E-state index contributed by atoms with van der Waals surface area (Å²) in [6.45, 7) is 14.5. The van der Waals surface area contributed by atoms with Crippen LogP contribution in [0.2, 0.25) is 0 Å². The number of aryl methyl sites for hydroxylation is 2. The molecule has 2 fully saturated rings. The highest BCUT2D eigenvalue weighted by Gasteiger charge is 2.30. The van der Waals surface area contributed by atoms with E-state index in [2.05, 4.69) is 49.9 Å². The second kappa shape index (κ2) is 6.96. The molecule has 0 bridgehead atoms. The quantitative estimate of drug-likeness (QED) is 0.918. The van der Waals surface area contributed by atoms with Crippen molar-refractivity contribution in [1.82, 2.24) is 20.2 Å². The van der Waals surface area contributed by atoms with Crippen LogP contribution in [0.15, 0.2) is 0 Å². The monoisotopic (exact) mass is 331 g/mol. The average molecular weight is 332 g/mol. The number of likely N-dealkylation sites (tertiary alicyclic amines) is 1. The van der Waals surface area contributed by atoms with Gasteiger partial charge in [0.05, 0.1) is 0 Å². The summed E-state index contributed by atoms with van der Waals surface area (Å²) in [5, 5.41) is 3.38. The van der Waals surface area contributed by atoms with E-state index < -0.39 is 0 Å². The minimum Gasteiger partial charge on any atom is -0.341 e. The van der Waals surface area contributed by atoms with Crippen molar-refractivity contribution in [3.05, 3.63) is 17.0 Å². The van der Waals surface area contributed by atoms with Gasteiger partial charge in [-0.15, -0.1) is 0 Å². The molecule has 2 aliphatic heterocycles. The molecule has 0 aromatic carbocycles. The van der Waals surface area contributed by atoms with Crippen LogP contribution in [-0.4, -0.2) is 54.1 Å². The van der Waals surface area contributed by atoms with E-state index in [0.29, 0.717) is 11.5 Å². The van der Waals surface area contributed by atoms with Gasteiger partial charge in [-0.2, -0.15) is 0 Å². The molecule has 3 rings (SSSR count). The Morgan fingerprint density at radius 1 is 1.08 bits per heavy atom. The molecule has 1 aromatic heterocycles. The topological polar surface area (TPSA) is 44.3 Å². The van der Waals surface area contributed by atoms with Crippen molar-refractivity contribution < 1.29 is 0 Å². The molecule has 134 valence electrons. The zero-order valence-electron chi connectivity index (χ0n) is 16.0. The van der Waals surface area contributed by atoms with E-state index in [1.807, 2.05) is 0 Å². The van der Waals surface area contributed by atoms with E-state index in [0.717, 1.165) is 37.0 Å². The summed E-state index contributed by atoms with van der Waals surface area (Å²) >= 11 is 0. The minimum atomic E-state index is 0.445. The lowest BCUT2D eigenvalue weighted by molar-refractivity contribution is 0.283. The van der Waals surface area contributed by atoms with Crippen LogP contribution in [0.3, 0.4) is 0 Å². The van der Waals surface area contributed by atoms with Crippen molar-refractivity contribution in [1.29, 1.82) is 0 Å². The molecule has 1 aromatic rings. The molecule has 0 unspecified atom stereocenters. The molecule has 0 atom stereocenters. The summed E-state index contributed by atoms with van der Waals surface area (Å²) in [5.74, 6) is 0.921. The number of hydrogen-bond donors (Lipinski definition) is 1. The van der Waals surface area contributed by atoms with E-state index in [1.54, 1.807) is 0 Å². The number of nitrogens with zero attached hydrogens (tertiary/aromatic N) is 4. The maximum absolute atomic E-state index is 4.85. The lowest BCUT2D eigenvalue weighted by Crippen LogP contribution is -2.42. The first-order valence-corrected chi connectivity index (χ1v) is 9.37. The third kappa shape index (κ3) is 3.89. The Bertz CT molecular complexity index is 552. The van der Waals surface area contributed by atoms with Gasteiger partial charge in [0.15, 0.2) is 0 Å². The molecule has 2 saturated heterocycles. The molecule has 0 amide bonds. The summed E-state index contributed by atoms with van der Waals surface area (Å²) in [7, 11) is 2.06. The fourth-order valence-corrected chi connectivity index (χ4v) is 4.04. The van der Waals surface area contributed by atoms with Crippen LogP contribution in [0.1, 0.15) is 50.1 Å². The van der Waals surface area contributed by atoms with Gasteiger partial charge in [-0.1, -0.05) is 13.8 Å². The number of aromatic nitrogens is 2. The third-order valence-electron chi connectivity index (χ3n) is 5.73. The van der Waals surface area contributed by atoms with Crippen LogP contribution < -0.4 is 10.2 Å². The van der Waals surface area contributed by atoms with E-state index in [4.69, 9.17) is 9.97 Å². The highest BCUT2D eigenvalue weighted by Crippen LogP contribution is 2.30. The summed E-state index contributed by atoms with van der Waals surface area (Å²) < 4.78 is 0. The van der Waals surface area contributed by atoms with Gasteiger partial charge in [-0.3, -0.25) is 4.90 Å². The molecule has 24 heavy (non-hydrogen) atoms. The summed E-state index contributed by atoms with van der Waals surface area (Å²) in [5.41, 5.74) is 4.07. The van der Waals surface area contributed by atoms with Gasteiger partial charge < -0.3 is 10.2 Å². The molecular weight excluding hydrogens is 298 g/mol. The third-order valence-corrected chi connectivity index (χ3v) is 5.73. The normalized spacial score (nSPS) is 22.3. The zero-order chi connectivity index (χ0) is 17.3. The Morgan fingerprint density at radius 2 is 1.71 bits per heavy atom. The summed E-state index contributed by atoms with van der Waals surface area (Å²) in [6, 6.07) is 0.640. The van der Waals surface area contributed by atoms with Crippen LogP contribution in [0.25, 0.3) is 0 Å². The lowest BCUT2D eigenvalue weighted by Gasteiger charge is -2.32. The fraction of sp³-hybridized carbons (Fsp3) is 0.789. The second-order valence-corrected chi connectivity index (χ2v) is 8.35. The summed E-state index contributed by atoms with van der Waals surface area (Å²) in [6.07, 6.45) is 3.62. The van der Waals surface area contributed by atoms with Crippen molar-refractivity contribution in [2.24, 2.45) is 5.41 Å². The van der Waals surface area contributed by atoms with Crippen LogP contribution in [0.5, 0.6) is 0 Å². The van der Waals surface area contributed by atoms with Crippen molar-refractivity contribution in [2.45, 2.75) is 59.5 Å². The molecule has 0 spiro atoms. The van der Waals surface area contributed by atoms with Gasteiger partial charge in [0.1, 0.15) is 0 Å². The molecule has 0 aliphatic carbocycles. The van der Waals surface area contributed by atoms with E-state index in [9.17, 15) is 0 Å². The van der Waals surface area contributed by atoms with E-state index in [1.165, 1.54) is 37.9 Å². The fourth-order valence-electron chi connectivity index (χ4n) is 4.04. The molecule has 5 nitrogen and oxygen atoms in total. The highest BCUT2D eigenvalue weighted by atomic mass is 15.3. The lowest BCUT2D eigenvalue weighted by atomic mass is 9.93. The Kier molecular flexibility index (Phi) is 5.11. The maximum Gasteiger partial charge on any atom is 0.225 e. The number of nitrogens with one attached hydrogen (secondary N) is 1. The predicted octanol–water partition coefficient (Wildman–Crippen LogP) is 2.51. The average Bonchev–Trinajstić information content (AvgIpc) is 2.89. The highest BCUT2D eigenvalue weighted by molar-refractivity contribution is 5.37. The molecule has 3 heterocycles. The largest absolute Gasteiger partial charge is 0.341 e. The predicted molar refractivity (Wildman–Crippen MR) is 99.5 cm³/mol. The molecule has 0 saturated carbocycles. The minimum absolute atomic E-state index is 0.445.